The minimum Gasteiger partial charge on any atom is -0.494 e. The molecule has 2 rings (SSSR count). The topological polar surface area (TPSA) is 38.3 Å². The normalized spacial score (nSPS) is 10.2. The third-order valence-corrected chi connectivity index (χ3v) is 3.50. The summed E-state index contributed by atoms with van der Waals surface area (Å²) in [7, 11) is 0. The zero-order chi connectivity index (χ0) is 15.2. The summed E-state index contributed by atoms with van der Waals surface area (Å²) in [6.07, 6.45) is 0.939. The van der Waals surface area contributed by atoms with Crippen LogP contribution in [-0.4, -0.2) is 12.5 Å². The van der Waals surface area contributed by atoms with Crippen LogP contribution in [-0.2, 0) is 0 Å². The molecule has 1 amide bonds. The fourth-order valence-electron chi connectivity index (χ4n) is 1.91. The summed E-state index contributed by atoms with van der Waals surface area (Å²) >= 11 is 3.41. The Labute approximate surface area is 133 Å². The van der Waals surface area contributed by atoms with Gasteiger partial charge < -0.3 is 10.1 Å². The van der Waals surface area contributed by atoms with Gasteiger partial charge in [0.25, 0.3) is 5.91 Å². The van der Waals surface area contributed by atoms with Gasteiger partial charge in [0.05, 0.1) is 6.61 Å². The molecule has 0 aliphatic carbocycles. The van der Waals surface area contributed by atoms with Crippen LogP contribution in [0.4, 0.5) is 5.69 Å². The highest BCUT2D eigenvalue weighted by Crippen LogP contribution is 2.21. The Kier molecular flexibility index (Phi) is 5.39. The maximum absolute atomic E-state index is 12.3. The van der Waals surface area contributed by atoms with E-state index in [9.17, 15) is 4.79 Å². The molecule has 21 heavy (non-hydrogen) atoms. The Bertz CT molecular complexity index is 640. The zero-order valence-electron chi connectivity index (χ0n) is 12.2. The Hall–Kier alpha value is -1.81. The number of nitrogens with one attached hydrogen (secondary N) is 1. The second kappa shape index (κ2) is 7.27. The molecule has 2 aromatic carbocycles. The molecule has 0 saturated carbocycles. The van der Waals surface area contributed by atoms with Gasteiger partial charge in [-0.15, -0.1) is 0 Å². The summed E-state index contributed by atoms with van der Waals surface area (Å²) in [5.41, 5.74) is 2.41. The molecule has 110 valence electrons. The quantitative estimate of drug-likeness (QED) is 0.843. The van der Waals surface area contributed by atoms with Crippen LogP contribution in [0, 0.1) is 6.92 Å². The number of carbonyl (C=O) groups is 1. The molecule has 0 aliphatic rings. The average Bonchev–Trinajstić information content (AvgIpc) is 2.48. The van der Waals surface area contributed by atoms with E-state index in [2.05, 4.69) is 21.2 Å². The molecule has 0 heterocycles. The van der Waals surface area contributed by atoms with Crippen molar-refractivity contribution < 1.29 is 9.53 Å². The summed E-state index contributed by atoms with van der Waals surface area (Å²) in [4.78, 5) is 12.3. The lowest BCUT2D eigenvalue weighted by molar-refractivity contribution is 0.102. The lowest BCUT2D eigenvalue weighted by atomic mass is 10.1. The maximum Gasteiger partial charge on any atom is 0.255 e. The van der Waals surface area contributed by atoms with Crippen LogP contribution < -0.4 is 10.1 Å². The fraction of sp³-hybridized carbons (Fsp3) is 0.235. The van der Waals surface area contributed by atoms with Gasteiger partial charge in [0.2, 0.25) is 0 Å². The highest BCUT2D eigenvalue weighted by atomic mass is 79.9. The van der Waals surface area contributed by atoms with Gasteiger partial charge in [-0.1, -0.05) is 28.9 Å². The van der Waals surface area contributed by atoms with Crippen molar-refractivity contribution in [2.75, 3.05) is 11.9 Å². The van der Waals surface area contributed by atoms with Crippen molar-refractivity contribution in [3.8, 4) is 5.75 Å². The van der Waals surface area contributed by atoms with Crippen molar-refractivity contribution in [1.82, 2.24) is 0 Å². The molecule has 4 heteroatoms. The second-order valence-electron chi connectivity index (χ2n) is 4.79. The first-order valence-corrected chi connectivity index (χ1v) is 7.70. The molecular weight excluding hydrogens is 330 g/mol. The summed E-state index contributed by atoms with van der Waals surface area (Å²) in [5.74, 6) is 0.583. The molecule has 0 bridgehead atoms. The lowest BCUT2D eigenvalue weighted by Gasteiger charge is -2.10. The first kappa shape index (κ1) is 15.6. The first-order valence-electron chi connectivity index (χ1n) is 6.90. The van der Waals surface area contributed by atoms with E-state index in [0.717, 1.165) is 27.9 Å². The Morgan fingerprint density at radius 3 is 2.76 bits per heavy atom. The monoisotopic (exact) mass is 347 g/mol. The largest absolute Gasteiger partial charge is 0.494 e. The van der Waals surface area contributed by atoms with Crippen molar-refractivity contribution >= 4 is 27.5 Å². The number of aryl methyl sites for hydroxylation is 1. The fourth-order valence-corrected chi connectivity index (χ4v) is 2.38. The van der Waals surface area contributed by atoms with Gasteiger partial charge >= 0.3 is 0 Å². The summed E-state index contributed by atoms with van der Waals surface area (Å²) in [6, 6.07) is 13.0. The third-order valence-electron chi connectivity index (χ3n) is 3.01. The number of halogens is 1. The molecule has 3 nitrogen and oxygen atoms in total. The Morgan fingerprint density at radius 2 is 2.05 bits per heavy atom. The number of amides is 1. The highest BCUT2D eigenvalue weighted by molar-refractivity contribution is 9.10. The van der Waals surface area contributed by atoms with Gasteiger partial charge in [-0.3, -0.25) is 4.79 Å². The van der Waals surface area contributed by atoms with Crippen LogP contribution in [0.3, 0.4) is 0 Å². The first-order chi connectivity index (χ1) is 10.1. The van der Waals surface area contributed by atoms with Crippen LogP contribution in [0.15, 0.2) is 46.9 Å². The number of rotatable bonds is 5. The van der Waals surface area contributed by atoms with Gasteiger partial charge in [0.15, 0.2) is 0 Å². The maximum atomic E-state index is 12.3. The zero-order valence-corrected chi connectivity index (χ0v) is 13.7. The van der Waals surface area contributed by atoms with E-state index in [4.69, 9.17) is 4.74 Å². The molecular formula is C17H18BrNO2. The van der Waals surface area contributed by atoms with E-state index in [1.54, 1.807) is 12.1 Å². The standard InChI is InChI=1S/C17H18BrNO2/c1-3-9-21-15-6-4-5-13(11-15)17(20)19-16-8-7-14(18)10-12(16)2/h4-8,10-11H,3,9H2,1-2H3,(H,19,20). The molecule has 2 aromatic rings. The van der Waals surface area contributed by atoms with Gasteiger partial charge in [-0.05, 0) is 55.3 Å². The number of carbonyl (C=O) groups excluding carboxylic acids is 1. The molecule has 0 unspecified atom stereocenters. The molecule has 0 spiro atoms. The smallest absolute Gasteiger partial charge is 0.255 e. The summed E-state index contributed by atoms with van der Waals surface area (Å²) in [5, 5.41) is 2.92. The molecule has 1 N–H and O–H groups in total. The molecule has 0 aliphatic heterocycles. The number of ether oxygens (including phenoxy) is 1. The van der Waals surface area contributed by atoms with E-state index < -0.39 is 0 Å². The van der Waals surface area contributed by atoms with Gasteiger partial charge in [0.1, 0.15) is 5.75 Å². The number of benzene rings is 2. The van der Waals surface area contributed by atoms with Crippen LogP contribution in [0.2, 0.25) is 0 Å². The minimum absolute atomic E-state index is 0.137. The van der Waals surface area contributed by atoms with E-state index in [1.807, 2.05) is 44.2 Å². The van der Waals surface area contributed by atoms with Crippen molar-refractivity contribution in [3.63, 3.8) is 0 Å². The van der Waals surface area contributed by atoms with E-state index in [0.29, 0.717) is 12.2 Å². The summed E-state index contributed by atoms with van der Waals surface area (Å²) < 4.78 is 6.54. The van der Waals surface area contributed by atoms with Crippen molar-refractivity contribution in [3.05, 3.63) is 58.1 Å². The van der Waals surface area contributed by atoms with E-state index in [-0.39, 0.29) is 5.91 Å². The van der Waals surface area contributed by atoms with Gasteiger partial charge in [-0.2, -0.15) is 0 Å². The molecule has 0 saturated heterocycles. The highest BCUT2D eigenvalue weighted by Gasteiger charge is 2.09. The van der Waals surface area contributed by atoms with Crippen LogP contribution in [0.5, 0.6) is 5.75 Å². The Morgan fingerprint density at radius 1 is 1.24 bits per heavy atom. The Balaban J connectivity index is 2.12. The lowest BCUT2D eigenvalue weighted by Crippen LogP contribution is -2.12. The number of hydrogen-bond acceptors (Lipinski definition) is 2. The van der Waals surface area contributed by atoms with E-state index in [1.165, 1.54) is 0 Å². The van der Waals surface area contributed by atoms with Crippen molar-refractivity contribution in [2.24, 2.45) is 0 Å². The van der Waals surface area contributed by atoms with Crippen LogP contribution in [0.25, 0.3) is 0 Å². The van der Waals surface area contributed by atoms with Crippen LogP contribution in [0.1, 0.15) is 29.3 Å². The number of hydrogen-bond donors (Lipinski definition) is 1. The van der Waals surface area contributed by atoms with Crippen molar-refractivity contribution in [2.45, 2.75) is 20.3 Å². The predicted molar refractivity (Wildman–Crippen MR) is 89.1 cm³/mol. The molecule has 0 atom stereocenters. The van der Waals surface area contributed by atoms with E-state index >= 15 is 0 Å². The predicted octanol–water partition coefficient (Wildman–Crippen LogP) is 4.80. The van der Waals surface area contributed by atoms with Gasteiger partial charge in [0, 0.05) is 15.7 Å². The third kappa shape index (κ3) is 4.33. The average molecular weight is 348 g/mol. The van der Waals surface area contributed by atoms with Crippen molar-refractivity contribution in [1.29, 1.82) is 0 Å². The SMILES string of the molecule is CCCOc1cccc(C(=O)Nc2ccc(Br)cc2C)c1. The minimum atomic E-state index is -0.137. The second-order valence-corrected chi connectivity index (χ2v) is 5.71. The molecule has 0 aromatic heterocycles. The van der Waals surface area contributed by atoms with Crippen LogP contribution >= 0.6 is 15.9 Å². The summed E-state index contributed by atoms with van der Waals surface area (Å²) in [6.45, 7) is 4.66. The molecule has 0 radical (unpaired) electrons. The van der Waals surface area contributed by atoms with Gasteiger partial charge in [-0.25, -0.2) is 0 Å². The number of anilines is 1. The molecule has 0 fully saturated rings.